The molecule has 0 aromatic heterocycles. The lowest BCUT2D eigenvalue weighted by atomic mass is 9.78. The Bertz CT molecular complexity index is 316. The number of rotatable bonds is 4. The molecule has 0 aliphatic heterocycles. The summed E-state index contributed by atoms with van der Waals surface area (Å²) in [4.78, 5) is 23.1. The molecule has 0 saturated carbocycles. The molecule has 0 aromatic rings. The summed E-state index contributed by atoms with van der Waals surface area (Å²) in [6.45, 7) is 3.07. The van der Waals surface area contributed by atoms with Crippen molar-refractivity contribution in [2.75, 3.05) is 7.11 Å². The van der Waals surface area contributed by atoms with Crippen molar-refractivity contribution in [3.63, 3.8) is 0 Å². The van der Waals surface area contributed by atoms with Gasteiger partial charge < -0.3 is 4.74 Å². The fourth-order valence-electron chi connectivity index (χ4n) is 1.68. The van der Waals surface area contributed by atoms with Crippen molar-refractivity contribution in [1.29, 1.82) is 0 Å². The molecule has 0 N–H and O–H groups in total. The van der Waals surface area contributed by atoms with E-state index in [1.54, 1.807) is 6.92 Å². The van der Waals surface area contributed by atoms with Crippen LogP contribution in [-0.4, -0.2) is 18.9 Å². The molecule has 0 bridgehead atoms. The minimum atomic E-state index is -1.03. The minimum absolute atomic E-state index is 0.150. The molecular weight excluding hydrogens is 192 g/mol. The van der Waals surface area contributed by atoms with Crippen molar-refractivity contribution in [3.05, 3.63) is 24.3 Å². The molecule has 0 heterocycles. The first-order valence-electron chi connectivity index (χ1n) is 4.95. The highest BCUT2D eigenvalue weighted by Crippen LogP contribution is 2.31. The Balaban J connectivity index is 2.82. The van der Waals surface area contributed by atoms with E-state index in [9.17, 15) is 9.59 Å². The highest BCUT2D eigenvalue weighted by atomic mass is 16.5. The summed E-state index contributed by atoms with van der Waals surface area (Å²) in [5.41, 5.74) is -1.03. The molecule has 82 valence electrons. The molecule has 3 nitrogen and oxygen atoms in total. The molecule has 0 amide bonds. The maximum Gasteiger partial charge on any atom is 0.319 e. The Kier molecular flexibility index (Phi) is 3.45. The topological polar surface area (TPSA) is 43.4 Å². The third-order valence-corrected chi connectivity index (χ3v) is 2.88. The van der Waals surface area contributed by atoms with Crippen LogP contribution in [0.5, 0.6) is 0 Å². The van der Waals surface area contributed by atoms with Gasteiger partial charge in [-0.2, -0.15) is 0 Å². The largest absolute Gasteiger partial charge is 0.468 e. The average Bonchev–Trinajstić information content (AvgIpc) is 2.68. The van der Waals surface area contributed by atoms with E-state index in [1.165, 1.54) is 14.0 Å². The molecule has 1 aliphatic carbocycles. The van der Waals surface area contributed by atoms with Crippen molar-refractivity contribution in [1.82, 2.24) is 0 Å². The molecule has 1 aliphatic rings. The number of esters is 1. The Labute approximate surface area is 89.8 Å². The van der Waals surface area contributed by atoms with E-state index in [4.69, 9.17) is 0 Å². The number of Topliss-reactive ketones (excluding diaryl/α,β-unsaturated/α-hetero) is 1. The van der Waals surface area contributed by atoms with E-state index in [0.717, 1.165) is 0 Å². The quantitative estimate of drug-likeness (QED) is 0.523. The highest BCUT2D eigenvalue weighted by molar-refractivity contribution is 6.02. The second-order valence-corrected chi connectivity index (χ2v) is 4.02. The number of ether oxygens (including phenoxy) is 1. The third-order valence-electron chi connectivity index (χ3n) is 2.88. The van der Waals surface area contributed by atoms with E-state index in [1.807, 2.05) is 24.3 Å². The highest BCUT2D eigenvalue weighted by Gasteiger charge is 2.40. The van der Waals surface area contributed by atoms with Gasteiger partial charge in [0.25, 0.3) is 0 Å². The fraction of sp³-hybridized carbons (Fsp3) is 0.500. The van der Waals surface area contributed by atoms with Crippen LogP contribution in [0.25, 0.3) is 0 Å². The first-order chi connectivity index (χ1) is 7.00. The zero-order valence-corrected chi connectivity index (χ0v) is 9.32. The summed E-state index contributed by atoms with van der Waals surface area (Å²) in [5, 5.41) is 0. The van der Waals surface area contributed by atoms with E-state index < -0.39 is 11.4 Å². The first-order valence-corrected chi connectivity index (χ1v) is 4.95. The molecule has 0 saturated heterocycles. The summed E-state index contributed by atoms with van der Waals surface area (Å²) >= 11 is 0. The summed E-state index contributed by atoms with van der Waals surface area (Å²) in [5.74, 6) is -0.454. The normalized spacial score (nSPS) is 18.9. The summed E-state index contributed by atoms with van der Waals surface area (Å²) in [6.07, 6.45) is 8.27. The van der Waals surface area contributed by atoms with Crippen molar-refractivity contribution in [3.8, 4) is 0 Å². The number of carbonyl (C=O) groups is 2. The average molecular weight is 208 g/mol. The summed E-state index contributed by atoms with van der Waals surface area (Å²) in [7, 11) is 1.31. The molecule has 0 radical (unpaired) electrons. The SMILES string of the molecule is COC(=O)C(C)(CC1C=CC=C1)C(C)=O. The summed E-state index contributed by atoms with van der Waals surface area (Å²) in [6, 6.07) is 0. The smallest absolute Gasteiger partial charge is 0.319 e. The van der Waals surface area contributed by atoms with Crippen molar-refractivity contribution < 1.29 is 14.3 Å². The molecule has 15 heavy (non-hydrogen) atoms. The van der Waals surface area contributed by atoms with Crippen LogP contribution < -0.4 is 0 Å². The lowest BCUT2D eigenvalue weighted by Gasteiger charge is -2.25. The third kappa shape index (κ3) is 2.35. The van der Waals surface area contributed by atoms with Gasteiger partial charge in [-0.3, -0.25) is 9.59 Å². The molecule has 1 rings (SSSR count). The van der Waals surface area contributed by atoms with Gasteiger partial charge >= 0.3 is 5.97 Å². The van der Waals surface area contributed by atoms with Crippen LogP contribution in [0.3, 0.4) is 0 Å². The molecule has 0 spiro atoms. The van der Waals surface area contributed by atoms with Gasteiger partial charge in [0.05, 0.1) is 7.11 Å². The molecule has 0 fully saturated rings. The Hall–Kier alpha value is -1.38. The predicted octanol–water partition coefficient (Wildman–Crippen LogP) is 1.89. The van der Waals surface area contributed by atoms with Gasteiger partial charge in [-0.1, -0.05) is 24.3 Å². The maximum absolute atomic E-state index is 11.6. The minimum Gasteiger partial charge on any atom is -0.468 e. The van der Waals surface area contributed by atoms with Crippen LogP contribution in [0.15, 0.2) is 24.3 Å². The number of allylic oxidation sites excluding steroid dienone is 4. The zero-order valence-electron chi connectivity index (χ0n) is 9.32. The number of carbonyl (C=O) groups excluding carboxylic acids is 2. The van der Waals surface area contributed by atoms with Crippen molar-refractivity contribution in [2.45, 2.75) is 20.3 Å². The molecule has 1 atom stereocenters. The van der Waals surface area contributed by atoms with Crippen LogP contribution in [-0.2, 0) is 14.3 Å². The molecular formula is C12H16O3. The van der Waals surface area contributed by atoms with Crippen LogP contribution >= 0.6 is 0 Å². The lowest BCUT2D eigenvalue weighted by Crippen LogP contribution is -2.37. The maximum atomic E-state index is 11.6. The van der Waals surface area contributed by atoms with Gasteiger partial charge in [0.1, 0.15) is 11.2 Å². The Morgan fingerprint density at radius 1 is 1.33 bits per heavy atom. The van der Waals surface area contributed by atoms with E-state index in [2.05, 4.69) is 4.74 Å². The molecule has 3 heteroatoms. The van der Waals surface area contributed by atoms with Gasteiger partial charge in [0.15, 0.2) is 0 Å². The van der Waals surface area contributed by atoms with Gasteiger partial charge in [-0.05, 0) is 26.2 Å². The zero-order chi connectivity index (χ0) is 11.5. The molecule has 0 aromatic carbocycles. The van der Waals surface area contributed by atoms with Crippen LogP contribution in [0.2, 0.25) is 0 Å². The van der Waals surface area contributed by atoms with Crippen LogP contribution in [0, 0.1) is 11.3 Å². The number of ketones is 1. The van der Waals surface area contributed by atoms with Crippen LogP contribution in [0.4, 0.5) is 0 Å². The fourth-order valence-corrected chi connectivity index (χ4v) is 1.68. The first kappa shape index (κ1) is 11.7. The van der Waals surface area contributed by atoms with Gasteiger partial charge in [0.2, 0.25) is 0 Å². The molecule has 1 unspecified atom stereocenters. The summed E-state index contributed by atoms with van der Waals surface area (Å²) < 4.78 is 4.68. The monoisotopic (exact) mass is 208 g/mol. The number of hydrogen-bond acceptors (Lipinski definition) is 3. The second-order valence-electron chi connectivity index (χ2n) is 4.02. The predicted molar refractivity (Wildman–Crippen MR) is 57.2 cm³/mol. The Morgan fingerprint density at radius 2 is 1.87 bits per heavy atom. The standard InChI is InChI=1S/C12H16O3/c1-9(13)12(2,11(14)15-3)8-10-6-4-5-7-10/h4-7,10H,8H2,1-3H3. The number of hydrogen-bond donors (Lipinski definition) is 0. The van der Waals surface area contributed by atoms with E-state index in [0.29, 0.717) is 6.42 Å². The van der Waals surface area contributed by atoms with Crippen molar-refractivity contribution in [2.24, 2.45) is 11.3 Å². The van der Waals surface area contributed by atoms with Crippen molar-refractivity contribution >= 4 is 11.8 Å². The van der Waals surface area contributed by atoms with E-state index >= 15 is 0 Å². The Morgan fingerprint density at radius 3 is 2.27 bits per heavy atom. The lowest BCUT2D eigenvalue weighted by molar-refractivity contribution is -0.157. The van der Waals surface area contributed by atoms with Gasteiger partial charge in [-0.15, -0.1) is 0 Å². The second kappa shape index (κ2) is 4.43. The van der Waals surface area contributed by atoms with Crippen LogP contribution in [0.1, 0.15) is 20.3 Å². The van der Waals surface area contributed by atoms with E-state index in [-0.39, 0.29) is 11.7 Å². The van der Waals surface area contributed by atoms with Gasteiger partial charge in [-0.25, -0.2) is 0 Å². The number of methoxy groups -OCH3 is 1. The van der Waals surface area contributed by atoms with Gasteiger partial charge in [0, 0.05) is 0 Å².